The number of carbonyl (C=O) groups is 1. The summed E-state index contributed by atoms with van der Waals surface area (Å²) in [7, 11) is 0. The SMILES string of the molecule is Cc1cccc2c1C(=O)CN(c1c(F)cccc1F)O2. The Morgan fingerprint density at radius 3 is 2.45 bits per heavy atom. The predicted molar refractivity (Wildman–Crippen MR) is 69.8 cm³/mol. The number of rotatable bonds is 1. The van der Waals surface area contributed by atoms with Gasteiger partial charge in [0, 0.05) is 0 Å². The van der Waals surface area contributed by atoms with Crippen molar-refractivity contribution in [2.24, 2.45) is 0 Å². The summed E-state index contributed by atoms with van der Waals surface area (Å²) in [6.07, 6.45) is 0. The maximum atomic E-state index is 13.7. The molecule has 0 spiro atoms. The molecular formula is C15H11F2NO2. The minimum absolute atomic E-state index is 0.226. The quantitative estimate of drug-likeness (QED) is 0.800. The van der Waals surface area contributed by atoms with Crippen molar-refractivity contribution >= 4 is 11.5 Å². The molecule has 0 saturated carbocycles. The van der Waals surface area contributed by atoms with Crippen LogP contribution in [0.5, 0.6) is 5.75 Å². The summed E-state index contributed by atoms with van der Waals surface area (Å²) in [4.78, 5) is 17.6. The van der Waals surface area contributed by atoms with E-state index in [-0.39, 0.29) is 18.0 Å². The van der Waals surface area contributed by atoms with Gasteiger partial charge in [-0.2, -0.15) is 5.06 Å². The Bertz CT molecular complexity index is 680. The first-order valence-corrected chi connectivity index (χ1v) is 6.10. The molecule has 5 heteroatoms. The van der Waals surface area contributed by atoms with E-state index in [4.69, 9.17) is 4.84 Å². The molecule has 102 valence electrons. The molecule has 1 aliphatic rings. The van der Waals surface area contributed by atoms with Crippen LogP contribution in [0.2, 0.25) is 0 Å². The van der Waals surface area contributed by atoms with Gasteiger partial charge in [0.1, 0.15) is 12.2 Å². The van der Waals surface area contributed by atoms with E-state index in [1.807, 2.05) is 0 Å². The molecule has 1 heterocycles. The molecule has 0 saturated heterocycles. The molecule has 0 aromatic heterocycles. The topological polar surface area (TPSA) is 29.5 Å². The fourth-order valence-corrected chi connectivity index (χ4v) is 2.29. The fraction of sp³-hybridized carbons (Fsp3) is 0.133. The molecule has 3 rings (SSSR count). The molecule has 2 aromatic rings. The minimum atomic E-state index is -0.770. The highest BCUT2D eigenvalue weighted by molar-refractivity contribution is 6.03. The second-order valence-corrected chi connectivity index (χ2v) is 4.57. The average molecular weight is 275 g/mol. The standard InChI is InChI=1S/C15H11F2NO2/c1-9-4-2-7-13-14(9)12(19)8-18(20-13)15-10(16)5-3-6-11(15)17/h2-7H,8H2,1H3. The maximum Gasteiger partial charge on any atom is 0.189 e. The van der Waals surface area contributed by atoms with Crippen molar-refractivity contribution in [1.82, 2.24) is 0 Å². The third-order valence-electron chi connectivity index (χ3n) is 3.20. The first-order valence-electron chi connectivity index (χ1n) is 6.10. The van der Waals surface area contributed by atoms with Crippen molar-refractivity contribution in [3.63, 3.8) is 0 Å². The van der Waals surface area contributed by atoms with E-state index in [0.717, 1.165) is 22.8 Å². The third kappa shape index (κ3) is 1.91. The maximum absolute atomic E-state index is 13.7. The lowest BCUT2D eigenvalue weighted by molar-refractivity contribution is 0.0939. The number of hydrogen-bond acceptors (Lipinski definition) is 3. The van der Waals surface area contributed by atoms with Gasteiger partial charge in [-0.1, -0.05) is 18.2 Å². The molecule has 0 atom stereocenters. The monoisotopic (exact) mass is 275 g/mol. The van der Waals surface area contributed by atoms with E-state index in [1.54, 1.807) is 25.1 Å². The summed E-state index contributed by atoms with van der Waals surface area (Å²) in [5.41, 5.74) is 0.884. The van der Waals surface area contributed by atoms with Gasteiger partial charge in [0.15, 0.2) is 23.2 Å². The van der Waals surface area contributed by atoms with Gasteiger partial charge in [-0.15, -0.1) is 0 Å². The Balaban J connectivity index is 2.06. The number of carbonyl (C=O) groups excluding carboxylic acids is 1. The zero-order valence-corrected chi connectivity index (χ0v) is 10.7. The van der Waals surface area contributed by atoms with Crippen LogP contribution in [0.4, 0.5) is 14.5 Å². The summed E-state index contributed by atoms with van der Waals surface area (Å²) < 4.78 is 27.5. The average Bonchev–Trinajstić information content (AvgIpc) is 2.38. The summed E-state index contributed by atoms with van der Waals surface area (Å²) in [5.74, 6) is -1.46. The molecular weight excluding hydrogens is 264 g/mol. The van der Waals surface area contributed by atoms with E-state index < -0.39 is 11.6 Å². The molecule has 0 fully saturated rings. The molecule has 2 aromatic carbocycles. The van der Waals surface area contributed by atoms with Gasteiger partial charge in [0.25, 0.3) is 0 Å². The Morgan fingerprint density at radius 1 is 1.10 bits per heavy atom. The first-order chi connectivity index (χ1) is 9.58. The van der Waals surface area contributed by atoms with Gasteiger partial charge in [-0.05, 0) is 30.7 Å². The van der Waals surface area contributed by atoms with Crippen LogP contribution in [0.3, 0.4) is 0 Å². The lowest BCUT2D eigenvalue weighted by Gasteiger charge is -2.30. The van der Waals surface area contributed by atoms with Crippen molar-refractivity contribution in [2.45, 2.75) is 6.92 Å². The van der Waals surface area contributed by atoms with Crippen LogP contribution in [0.1, 0.15) is 15.9 Å². The number of aryl methyl sites for hydroxylation is 1. The Labute approximate surface area is 114 Å². The van der Waals surface area contributed by atoms with Crippen LogP contribution in [-0.2, 0) is 0 Å². The van der Waals surface area contributed by atoms with Gasteiger partial charge in [-0.3, -0.25) is 4.79 Å². The van der Waals surface area contributed by atoms with Crippen molar-refractivity contribution < 1.29 is 18.4 Å². The number of benzene rings is 2. The van der Waals surface area contributed by atoms with Crippen LogP contribution in [0.25, 0.3) is 0 Å². The van der Waals surface area contributed by atoms with Crippen molar-refractivity contribution in [1.29, 1.82) is 0 Å². The van der Waals surface area contributed by atoms with E-state index in [0.29, 0.717) is 11.3 Å². The Kier molecular flexibility index (Phi) is 2.89. The first kappa shape index (κ1) is 12.6. The summed E-state index contributed by atoms with van der Waals surface area (Å²) in [6.45, 7) is 1.56. The highest BCUT2D eigenvalue weighted by Gasteiger charge is 2.29. The van der Waals surface area contributed by atoms with E-state index in [1.165, 1.54) is 6.07 Å². The van der Waals surface area contributed by atoms with Gasteiger partial charge in [-0.25, -0.2) is 8.78 Å². The number of halogens is 2. The van der Waals surface area contributed by atoms with Gasteiger partial charge in [0.05, 0.1) is 5.56 Å². The van der Waals surface area contributed by atoms with E-state index >= 15 is 0 Å². The second kappa shape index (κ2) is 4.59. The van der Waals surface area contributed by atoms with Crippen molar-refractivity contribution in [3.05, 3.63) is 59.2 Å². The lowest BCUT2D eigenvalue weighted by atomic mass is 10.0. The normalized spacial score (nSPS) is 13.9. The number of Topliss-reactive ketones (excluding diaryl/α,β-unsaturated/α-hetero) is 1. The number of nitrogens with zero attached hydrogens (tertiary/aromatic N) is 1. The van der Waals surface area contributed by atoms with E-state index in [2.05, 4.69) is 0 Å². The molecule has 0 bridgehead atoms. The lowest BCUT2D eigenvalue weighted by Crippen LogP contribution is -2.39. The predicted octanol–water partition coefficient (Wildman–Crippen LogP) is 3.27. The van der Waals surface area contributed by atoms with Crippen molar-refractivity contribution in [2.75, 3.05) is 11.6 Å². The van der Waals surface area contributed by atoms with Crippen LogP contribution < -0.4 is 9.90 Å². The smallest absolute Gasteiger partial charge is 0.189 e. The molecule has 0 radical (unpaired) electrons. The largest absolute Gasteiger partial charge is 0.378 e. The number of para-hydroxylation sites is 1. The molecule has 3 nitrogen and oxygen atoms in total. The van der Waals surface area contributed by atoms with Gasteiger partial charge >= 0.3 is 0 Å². The Morgan fingerprint density at radius 2 is 1.75 bits per heavy atom. The van der Waals surface area contributed by atoms with Crippen LogP contribution >= 0.6 is 0 Å². The molecule has 1 aliphatic heterocycles. The van der Waals surface area contributed by atoms with Crippen molar-refractivity contribution in [3.8, 4) is 5.75 Å². The second-order valence-electron chi connectivity index (χ2n) is 4.57. The molecule has 20 heavy (non-hydrogen) atoms. The summed E-state index contributed by atoms with van der Waals surface area (Å²) in [5, 5.41) is 0.953. The van der Waals surface area contributed by atoms with Gasteiger partial charge in [0.2, 0.25) is 0 Å². The van der Waals surface area contributed by atoms with E-state index in [9.17, 15) is 13.6 Å². The number of fused-ring (bicyclic) bond motifs is 1. The molecule has 0 amide bonds. The molecule has 0 unspecified atom stereocenters. The third-order valence-corrected chi connectivity index (χ3v) is 3.20. The zero-order chi connectivity index (χ0) is 14.3. The summed E-state index contributed by atoms with van der Waals surface area (Å²) >= 11 is 0. The van der Waals surface area contributed by atoms with Crippen LogP contribution in [0.15, 0.2) is 36.4 Å². The number of anilines is 1. The summed E-state index contributed by atoms with van der Waals surface area (Å²) in [6, 6.07) is 8.63. The number of hydroxylamine groups is 1. The molecule has 0 aliphatic carbocycles. The fourth-order valence-electron chi connectivity index (χ4n) is 2.29. The van der Waals surface area contributed by atoms with Gasteiger partial charge < -0.3 is 4.84 Å². The highest BCUT2D eigenvalue weighted by atomic mass is 19.1. The highest BCUT2D eigenvalue weighted by Crippen LogP contribution is 2.32. The Hall–Kier alpha value is -2.43. The number of ketones is 1. The van der Waals surface area contributed by atoms with Crippen LogP contribution in [0, 0.1) is 18.6 Å². The molecule has 0 N–H and O–H groups in total. The van der Waals surface area contributed by atoms with Crippen LogP contribution in [-0.4, -0.2) is 12.3 Å². The minimum Gasteiger partial charge on any atom is -0.378 e. The zero-order valence-electron chi connectivity index (χ0n) is 10.7. The number of hydrogen-bond donors (Lipinski definition) is 0.